The number of rotatable bonds is 5. The quantitative estimate of drug-likeness (QED) is 0.789. The second-order valence-corrected chi connectivity index (χ2v) is 5.04. The Kier molecular flexibility index (Phi) is 4.46. The molecule has 2 aromatic rings. The summed E-state index contributed by atoms with van der Waals surface area (Å²) in [6.07, 6.45) is 0. The van der Waals surface area contributed by atoms with Crippen LogP contribution in [-0.2, 0) is 4.79 Å². The van der Waals surface area contributed by atoms with Crippen LogP contribution in [0.4, 0.5) is 5.69 Å². The third-order valence-corrected chi connectivity index (χ3v) is 3.70. The predicted molar refractivity (Wildman–Crippen MR) is 83.3 cm³/mol. The summed E-state index contributed by atoms with van der Waals surface area (Å²) in [6, 6.07) is 11.0. The van der Waals surface area contributed by atoms with Crippen molar-refractivity contribution in [3.63, 3.8) is 0 Å². The van der Waals surface area contributed by atoms with E-state index in [0.29, 0.717) is 16.8 Å². The maximum absolute atomic E-state index is 11.5. The maximum atomic E-state index is 11.5. The molecule has 22 heavy (non-hydrogen) atoms. The zero-order valence-corrected chi connectivity index (χ0v) is 12.3. The van der Waals surface area contributed by atoms with Crippen molar-refractivity contribution in [3.05, 3.63) is 64.7 Å². The van der Waals surface area contributed by atoms with Gasteiger partial charge in [0, 0.05) is 5.69 Å². The first-order chi connectivity index (χ1) is 10.4. The van der Waals surface area contributed by atoms with Gasteiger partial charge in [-0.15, -0.1) is 0 Å². The predicted octanol–water partition coefficient (Wildman–Crippen LogP) is 3.24. The van der Waals surface area contributed by atoms with E-state index in [1.54, 1.807) is 44.2 Å². The molecule has 1 atom stereocenters. The van der Waals surface area contributed by atoms with Gasteiger partial charge in [-0.2, -0.15) is 0 Å². The van der Waals surface area contributed by atoms with E-state index in [2.05, 4.69) is 5.32 Å². The fraction of sp³-hybridized carbons (Fsp3) is 0.176. The lowest BCUT2D eigenvalue weighted by atomic mass is 10.00. The standard InChI is InChI=1S/C17H17NO4/c1-10-11(2)14(9-8-13(10)16(19)20)18-15(17(21)22)12-6-4-3-5-7-12/h3-9,15,18H,1-2H3,(H,19,20)(H,21,22). The van der Waals surface area contributed by atoms with Crippen molar-refractivity contribution in [1.29, 1.82) is 0 Å². The molecular weight excluding hydrogens is 282 g/mol. The van der Waals surface area contributed by atoms with Crippen molar-refractivity contribution in [2.24, 2.45) is 0 Å². The molecule has 0 spiro atoms. The molecule has 114 valence electrons. The first kappa shape index (κ1) is 15.6. The van der Waals surface area contributed by atoms with Gasteiger partial charge in [0.1, 0.15) is 0 Å². The summed E-state index contributed by atoms with van der Waals surface area (Å²) in [4.78, 5) is 22.6. The van der Waals surface area contributed by atoms with E-state index in [-0.39, 0.29) is 5.56 Å². The second kappa shape index (κ2) is 6.30. The van der Waals surface area contributed by atoms with E-state index in [9.17, 15) is 14.7 Å². The van der Waals surface area contributed by atoms with E-state index in [1.165, 1.54) is 6.07 Å². The summed E-state index contributed by atoms with van der Waals surface area (Å²) in [5.74, 6) is -1.99. The summed E-state index contributed by atoms with van der Waals surface area (Å²) in [6.45, 7) is 3.48. The Hall–Kier alpha value is -2.82. The Morgan fingerprint density at radius 2 is 1.59 bits per heavy atom. The van der Waals surface area contributed by atoms with Crippen molar-refractivity contribution < 1.29 is 19.8 Å². The molecule has 1 unspecified atom stereocenters. The van der Waals surface area contributed by atoms with Gasteiger partial charge in [0.2, 0.25) is 0 Å². The molecule has 2 rings (SSSR count). The molecule has 0 bridgehead atoms. The molecule has 0 amide bonds. The molecule has 5 heteroatoms. The molecule has 0 aliphatic heterocycles. The Labute approximate surface area is 128 Å². The van der Waals surface area contributed by atoms with Crippen LogP contribution < -0.4 is 5.32 Å². The summed E-state index contributed by atoms with van der Waals surface area (Å²) in [5.41, 5.74) is 2.81. The zero-order chi connectivity index (χ0) is 16.3. The highest BCUT2D eigenvalue weighted by molar-refractivity contribution is 5.91. The van der Waals surface area contributed by atoms with Crippen LogP contribution in [-0.4, -0.2) is 22.2 Å². The number of benzene rings is 2. The minimum absolute atomic E-state index is 0.217. The average Bonchev–Trinajstić information content (AvgIpc) is 2.49. The Morgan fingerprint density at radius 1 is 0.955 bits per heavy atom. The van der Waals surface area contributed by atoms with Gasteiger partial charge in [0.05, 0.1) is 5.56 Å². The monoisotopic (exact) mass is 299 g/mol. The fourth-order valence-electron chi connectivity index (χ4n) is 2.30. The average molecular weight is 299 g/mol. The Morgan fingerprint density at radius 3 is 2.14 bits per heavy atom. The lowest BCUT2D eigenvalue weighted by Gasteiger charge is -2.19. The summed E-state index contributed by atoms with van der Waals surface area (Å²) in [5, 5.41) is 21.5. The van der Waals surface area contributed by atoms with Crippen molar-refractivity contribution in [3.8, 4) is 0 Å². The van der Waals surface area contributed by atoms with Crippen LogP contribution in [0.1, 0.15) is 33.1 Å². The number of carboxylic acid groups (broad SMARTS) is 2. The van der Waals surface area contributed by atoms with Crippen LogP contribution in [0.3, 0.4) is 0 Å². The van der Waals surface area contributed by atoms with E-state index in [4.69, 9.17) is 5.11 Å². The molecular formula is C17H17NO4. The molecule has 0 aliphatic carbocycles. The lowest BCUT2D eigenvalue weighted by Crippen LogP contribution is -2.21. The highest BCUT2D eigenvalue weighted by atomic mass is 16.4. The van der Waals surface area contributed by atoms with E-state index >= 15 is 0 Å². The molecule has 0 saturated carbocycles. The van der Waals surface area contributed by atoms with Crippen LogP contribution in [0, 0.1) is 13.8 Å². The van der Waals surface area contributed by atoms with Crippen molar-refractivity contribution in [1.82, 2.24) is 0 Å². The molecule has 0 aromatic heterocycles. The number of nitrogens with one attached hydrogen (secondary N) is 1. The van der Waals surface area contributed by atoms with Gasteiger partial charge in [0.25, 0.3) is 0 Å². The van der Waals surface area contributed by atoms with Gasteiger partial charge in [-0.3, -0.25) is 0 Å². The summed E-state index contributed by atoms with van der Waals surface area (Å²) in [7, 11) is 0. The molecule has 2 aromatic carbocycles. The third-order valence-electron chi connectivity index (χ3n) is 3.70. The minimum atomic E-state index is -0.995. The number of aliphatic carboxylic acids is 1. The van der Waals surface area contributed by atoms with Gasteiger partial charge >= 0.3 is 11.9 Å². The molecule has 0 aliphatic rings. The summed E-state index contributed by atoms with van der Waals surface area (Å²) >= 11 is 0. The van der Waals surface area contributed by atoms with Crippen molar-refractivity contribution >= 4 is 17.6 Å². The summed E-state index contributed by atoms with van der Waals surface area (Å²) < 4.78 is 0. The zero-order valence-electron chi connectivity index (χ0n) is 12.3. The van der Waals surface area contributed by atoms with Crippen LogP contribution in [0.5, 0.6) is 0 Å². The molecule has 5 nitrogen and oxygen atoms in total. The Bertz CT molecular complexity index is 710. The van der Waals surface area contributed by atoms with E-state index in [1.807, 2.05) is 6.07 Å². The van der Waals surface area contributed by atoms with Crippen molar-refractivity contribution in [2.45, 2.75) is 19.9 Å². The Balaban J connectivity index is 2.38. The largest absolute Gasteiger partial charge is 0.479 e. The first-order valence-corrected chi connectivity index (χ1v) is 6.79. The minimum Gasteiger partial charge on any atom is -0.479 e. The highest BCUT2D eigenvalue weighted by Crippen LogP contribution is 2.26. The molecule has 0 fully saturated rings. The molecule has 3 N–H and O–H groups in total. The number of aromatic carboxylic acids is 1. The molecule has 0 saturated heterocycles. The number of carbonyl (C=O) groups is 2. The topological polar surface area (TPSA) is 86.6 Å². The SMILES string of the molecule is Cc1c(NC(C(=O)O)c2ccccc2)ccc(C(=O)O)c1C. The van der Waals surface area contributed by atoms with Gasteiger partial charge in [-0.25, -0.2) is 9.59 Å². The second-order valence-electron chi connectivity index (χ2n) is 5.04. The number of hydrogen-bond donors (Lipinski definition) is 3. The number of hydrogen-bond acceptors (Lipinski definition) is 3. The van der Waals surface area contributed by atoms with Crippen LogP contribution in [0.15, 0.2) is 42.5 Å². The molecule has 0 radical (unpaired) electrons. The molecule has 0 heterocycles. The number of carboxylic acids is 2. The van der Waals surface area contributed by atoms with Gasteiger partial charge < -0.3 is 15.5 Å². The van der Waals surface area contributed by atoms with Gasteiger partial charge in [-0.1, -0.05) is 30.3 Å². The maximum Gasteiger partial charge on any atom is 0.335 e. The van der Waals surface area contributed by atoms with E-state index < -0.39 is 18.0 Å². The third kappa shape index (κ3) is 3.09. The highest BCUT2D eigenvalue weighted by Gasteiger charge is 2.21. The normalized spacial score (nSPS) is 11.7. The van der Waals surface area contributed by atoms with E-state index in [0.717, 1.165) is 5.56 Å². The fourth-order valence-corrected chi connectivity index (χ4v) is 2.30. The van der Waals surface area contributed by atoms with Crippen LogP contribution in [0.2, 0.25) is 0 Å². The van der Waals surface area contributed by atoms with Crippen molar-refractivity contribution in [2.75, 3.05) is 5.32 Å². The smallest absolute Gasteiger partial charge is 0.335 e. The lowest BCUT2D eigenvalue weighted by molar-refractivity contribution is -0.138. The van der Waals surface area contributed by atoms with Crippen LogP contribution in [0.25, 0.3) is 0 Å². The first-order valence-electron chi connectivity index (χ1n) is 6.79. The van der Waals surface area contributed by atoms with Gasteiger partial charge in [-0.05, 0) is 42.7 Å². The van der Waals surface area contributed by atoms with Gasteiger partial charge in [0.15, 0.2) is 6.04 Å². The number of anilines is 1. The van der Waals surface area contributed by atoms with Crippen LogP contribution >= 0.6 is 0 Å².